The summed E-state index contributed by atoms with van der Waals surface area (Å²) in [4.78, 5) is 14.4. The molecule has 0 radical (unpaired) electrons. The van der Waals surface area contributed by atoms with Crippen molar-refractivity contribution in [3.05, 3.63) is 35.5 Å². The van der Waals surface area contributed by atoms with Crippen LogP contribution in [-0.2, 0) is 0 Å². The molecule has 0 aliphatic heterocycles. The van der Waals surface area contributed by atoms with Gasteiger partial charge in [-0.1, -0.05) is 12.1 Å². The van der Waals surface area contributed by atoms with Crippen LogP contribution in [0.15, 0.2) is 24.3 Å². The third kappa shape index (κ3) is 1.37. The first-order valence-corrected chi connectivity index (χ1v) is 4.52. The van der Waals surface area contributed by atoms with Crippen molar-refractivity contribution in [2.24, 2.45) is 0 Å². The first-order valence-electron chi connectivity index (χ1n) is 4.52. The summed E-state index contributed by atoms with van der Waals surface area (Å²) >= 11 is 0. The highest BCUT2D eigenvalue weighted by atomic mass is 16.1. The summed E-state index contributed by atoms with van der Waals surface area (Å²) in [6.45, 7) is 2.03. The van der Waals surface area contributed by atoms with E-state index in [0.717, 1.165) is 10.9 Å². The zero-order valence-electron chi connectivity index (χ0n) is 8.22. The lowest BCUT2D eigenvalue weighted by Gasteiger charge is -1.93. The normalized spacial score (nSPS) is 10.4. The van der Waals surface area contributed by atoms with Gasteiger partial charge in [-0.3, -0.25) is 4.79 Å². The Hall–Kier alpha value is -1.77. The van der Waals surface area contributed by atoms with Crippen molar-refractivity contribution >= 4 is 16.8 Å². The summed E-state index contributed by atoms with van der Waals surface area (Å²) in [5.41, 5.74) is 2.79. The van der Waals surface area contributed by atoms with Gasteiger partial charge in [-0.05, 0) is 24.6 Å². The average Bonchev–Trinajstić information content (AvgIpc) is 2.59. The third-order valence-electron chi connectivity index (χ3n) is 2.25. The predicted molar refractivity (Wildman–Crippen MR) is 56.4 cm³/mol. The molecule has 0 saturated heterocycles. The van der Waals surface area contributed by atoms with Crippen LogP contribution in [0.1, 0.15) is 16.1 Å². The fourth-order valence-electron chi connectivity index (χ4n) is 1.50. The van der Waals surface area contributed by atoms with Crippen LogP contribution in [-0.4, -0.2) is 17.9 Å². The van der Waals surface area contributed by atoms with E-state index in [9.17, 15) is 4.79 Å². The minimum atomic E-state index is -0.0844. The zero-order chi connectivity index (χ0) is 10.1. The second-order valence-electron chi connectivity index (χ2n) is 3.35. The first-order chi connectivity index (χ1) is 6.70. The molecule has 0 bridgehead atoms. The molecule has 1 amide bonds. The standard InChI is InChI=1S/C11H12N2O/c1-7-3-4-8-6-10(11(14)12-2)13-9(8)5-7/h3-6,13H,1-2H3,(H,12,14). The Morgan fingerprint density at radius 2 is 2.14 bits per heavy atom. The van der Waals surface area contributed by atoms with Crippen LogP contribution in [0.25, 0.3) is 10.9 Å². The number of carbonyl (C=O) groups excluding carboxylic acids is 1. The number of rotatable bonds is 1. The summed E-state index contributed by atoms with van der Waals surface area (Å²) < 4.78 is 0. The van der Waals surface area contributed by atoms with Crippen molar-refractivity contribution < 1.29 is 4.79 Å². The molecule has 2 N–H and O–H groups in total. The molecule has 0 aliphatic carbocycles. The number of fused-ring (bicyclic) bond motifs is 1. The Labute approximate surface area is 82.1 Å². The van der Waals surface area contributed by atoms with Crippen molar-refractivity contribution in [2.75, 3.05) is 7.05 Å². The maximum atomic E-state index is 11.3. The van der Waals surface area contributed by atoms with Crippen molar-refractivity contribution in [3.63, 3.8) is 0 Å². The first kappa shape index (κ1) is 8.81. The molecule has 72 valence electrons. The van der Waals surface area contributed by atoms with E-state index in [1.54, 1.807) is 7.05 Å². The number of aromatic amines is 1. The summed E-state index contributed by atoms with van der Waals surface area (Å²) in [5, 5.41) is 3.65. The molecule has 0 spiro atoms. The van der Waals surface area contributed by atoms with Crippen molar-refractivity contribution in [1.82, 2.24) is 10.3 Å². The van der Waals surface area contributed by atoms with E-state index in [1.165, 1.54) is 5.56 Å². The number of amides is 1. The number of aromatic nitrogens is 1. The Kier molecular flexibility index (Phi) is 2.00. The maximum absolute atomic E-state index is 11.3. The van der Waals surface area contributed by atoms with Crippen LogP contribution >= 0.6 is 0 Å². The van der Waals surface area contributed by atoms with Gasteiger partial charge >= 0.3 is 0 Å². The van der Waals surface area contributed by atoms with E-state index in [4.69, 9.17) is 0 Å². The van der Waals surface area contributed by atoms with Crippen LogP contribution in [0.4, 0.5) is 0 Å². The lowest BCUT2D eigenvalue weighted by Crippen LogP contribution is -2.17. The van der Waals surface area contributed by atoms with E-state index in [0.29, 0.717) is 5.69 Å². The van der Waals surface area contributed by atoms with Crippen molar-refractivity contribution in [2.45, 2.75) is 6.92 Å². The Morgan fingerprint density at radius 1 is 1.36 bits per heavy atom. The molecule has 3 nitrogen and oxygen atoms in total. The molecule has 0 fully saturated rings. The molecule has 1 aromatic carbocycles. The highest BCUT2D eigenvalue weighted by Crippen LogP contribution is 2.16. The lowest BCUT2D eigenvalue weighted by atomic mass is 10.2. The molecular formula is C11H12N2O. The van der Waals surface area contributed by atoms with Crippen LogP contribution in [0.3, 0.4) is 0 Å². The number of H-pyrrole nitrogens is 1. The second-order valence-corrected chi connectivity index (χ2v) is 3.35. The molecule has 0 saturated carbocycles. The number of carbonyl (C=O) groups is 1. The molecule has 2 rings (SSSR count). The number of nitrogens with one attached hydrogen (secondary N) is 2. The molecular weight excluding hydrogens is 176 g/mol. The second kappa shape index (κ2) is 3.18. The number of hydrogen-bond donors (Lipinski definition) is 2. The monoisotopic (exact) mass is 188 g/mol. The zero-order valence-corrected chi connectivity index (χ0v) is 8.22. The summed E-state index contributed by atoms with van der Waals surface area (Å²) in [6.07, 6.45) is 0. The van der Waals surface area contributed by atoms with Crippen LogP contribution in [0.2, 0.25) is 0 Å². The Morgan fingerprint density at radius 3 is 2.86 bits per heavy atom. The van der Waals surface area contributed by atoms with Gasteiger partial charge in [0.1, 0.15) is 5.69 Å². The van der Waals surface area contributed by atoms with Crippen LogP contribution in [0.5, 0.6) is 0 Å². The van der Waals surface area contributed by atoms with E-state index in [2.05, 4.69) is 10.3 Å². The van der Waals surface area contributed by atoms with Gasteiger partial charge in [-0.2, -0.15) is 0 Å². The summed E-state index contributed by atoms with van der Waals surface area (Å²) in [7, 11) is 1.62. The molecule has 0 aliphatic rings. The topological polar surface area (TPSA) is 44.9 Å². The Bertz CT molecular complexity index is 485. The van der Waals surface area contributed by atoms with Gasteiger partial charge in [0.15, 0.2) is 0 Å². The van der Waals surface area contributed by atoms with Gasteiger partial charge in [-0.15, -0.1) is 0 Å². The largest absolute Gasteiger partial charge is 0.354 e. The predicted octanol–water partition coefficient (Wildman–Crippen LogP) is 1.84. The maximum Gasteiger partial charge on any atom is 0.267 e. The number of hydrogen-bond acceptors (Lipinski definition) is 1. The molecule has 3 heteroatoms. The molecule has 0 unspecified atom stereocenters. The van der Waals surface area contributed by atoms with Gasteiger partial charge in [0.2, 0.25) is 0 Å². The van der Waals surface area contributed by atoms with E-state index in [1.807, 2.05) is 31.2 Å². The van der Waals surface area contributed by atoms with Gasteiger partial charge in [0, 0.05) is 18.0 Å². The molecule has 0 atom stereocenters. The molecule has 1 aromatic heterocycles. The minimum Gasteiger partial charge on any atom is -0.354 e. The number of benzene rings is 1. The van der Waals surface area contributed by atoms with Crippen molar-refractivity contribution in [3.8, 4) is 0 Å². The quantitative estimate of drug-likeness (QED) is 0.704. The van der Waals surface area contributed by atoms with Gasteiger partial charge in [0.25, 0.3) is 5.91 Å². The molecule has 2 aromatic rings. The summed E-state index contributed by atoms with van der Waals surface area (Å²) in [5.74, 6) is -0.0844. The van der Waals surface area contributed by atoms with Crippen LogP contribution in [0, 0.1) is 6.92 Å². The van der Waals surface area contributed by atoms with Gasteiger partial charge in [0.05, 0.1) is 0 Å². The SMILES string of the molecule is CNC(=O)c1cc2ccc(C)cc2[nH]1. The average molecular weight is 188 g/mol. The lowest BCUT2D eigenvalue weighted by molar-refractivity contribution is 0.0959. The summed E-state index contributed by atoms with van der Waals surface area (Å²) in [6, 6.07) is 7.92. The van der Waals surface area contributed by atoms with Crippen LogP contribution < -0.4 is 5.32 Å². The third-order valence-corrected chi connectivity index (χ3v) is 2.25. The smallest absolute Gasteiger partial charge is 0.267 e. The van der Waals surface area contributed by atoms with E-state index < -0.39 is 0 Å². The Balaban J connectivity index is 2.56. The van der Waals surface area contributed by atoms with Gasteiger partial charge < -0.3 is 10.3 Å². The van der Waals surface area contributed by atoms with E-state index in [-0.39, 0.29) is 5.91 Å². The molecule has 1 heterocycles. The molecule has 14 heavy (non-hydrogen) atoms. The van der Waals surface area contributed by atoms with E-state index >= 15 is 0 Å². The highest BCUT2D eigenvalue weighted by Gasteiger charge is 2.06. The fraction of sp³-hybridized carbons (Fsp3) is 0.182. The minimum absolute atomic E-state index is 0.0844. The van der Waals surface area contributed by atoms with Crippen molar-refractivity contribution in [1.29, 1.82) is 0 Å². The fourth-order valence-corrected chi connectivity index (χ4v) is 1.50. The highest BCUT2D eigenvalue weighted by molar-refractivity contribution is 5.97. The van der Waals surface area contributed by atoms with Gasteiger partial charge in [-0.25, -0.2) is 0 Å². The number of aryl methyl sites for hydroxylation is 1.